The normalized spacial score (nSPS) is 11.2. The van der Waals surface area contributed by atoms with Gasteiger partial charge in [-0.15, -0.1) is 10.2 Å². The van der Waals surface area contributed by atoms with Crippen molar-refractivity contribution < 1.29 is 13.2 Å². The van der Waals surface area contributed by atoms with Gasteiger partial charge < -0.3 is 5.32 Å². The summed E-state index contributed by atoms with van der Waals surface area (Å²) in [4.78, 5) is 12.0. The summed E-state index contributed by atoms with van der Waals surface area (Å²) in [7, 11) is -3.84. The summed E-state index contributed by atoms with van der Waals surface area (Å²) in [5.74, 6) is -0.252. The summed E-state index contributed by atoms with van der Waals surface area (Å²) < 4.78 is 29.2. The Morgan fingerprint density at radius 1 is 1.15 bits per heavy atom. The molecule has 27 heavy (non-hydrogen) atoms. The molecule has 9 nitrogen and oxygen atoms in total. The van der Waals surface area contributed by atoms with Crippen molar-refractivity contribution in [3.8, 4) is 0 Å². The second kappa shape index (κ2) is 8.03. The quantitative estimate of drug-likeness (QED) is 0.570. The monoisotopic (exact) mass is 470 g/mol. The molecule has 0 aliphatic rings. The fraction of sp³-hybridized carbons (Fsp3) is 0.0667. The van der Waals surface area contributed by atoms with Crippen molar-refractivity contribution in [3.63, 3.8) is 0 Å². The van der Waals surface area contributed by atoms with Gasteiger partial charge in [-0.25, -0.2) is 8.42 Å². The average molecular weight is 472 g/mol. The minimum atomic E-state index is -3.84. The molecular formula is C15H12BrClN6O3S. The Labute approximate surface area is 167 Å². The number of carbonyl (C=O) groups excluding carboxylic acids is 1. The Morgan fingerprint density at radius 3 is 2.48 bits per heavy atom. The topological polar surface area (TPSA) is 119 Å². The Balaban J connectivity index is 1.65. The third-order valence-electron chi connectivity index (χ3n) is 3.23. The van der Waals surface area contributed by atoms with E-state index in [4.69, 9.17) is 11.6 Å². The first-order valence-electron chi connectivity index (χ1n) is 7.42. The molecule has 0 saturated heterocycles. The van der Waals surface area contributed by atoms with Crippen molar-refractivity contribution in [2.45, 2.75) is 11.4 Å². The third kappa shape index (κ3) is 5.25. The van der Waals surface area contributed by atoms with Crippen LogP contribution in [0.4, 0.5) is 11.5 Å². The minimum absolute atomic E-state index is 0.00764. The molecule has 2 aromatic heterocycles. The molecule has 0 aliphatic heterocycles. The van der Waals surface area contributed by atoms with Gasteiger partial charge >= 0.3 is 0 Å². The molecule has 1 aromatic carbocycles. The zero-order valence-corrected chi connectivity index (χ0v) is 16.7. The van der Waals surface area contributed by atoms with Crippen molar-refractivity contribution in [3.05, 3.63) is 58.4 Å². The molecule has 0 radical (unpaired) electrons. The van der Waals surface area contributed by atoms with Crippen LogP contribution in [0, 0.1) is 0 Å². The highest BCUT2D eigenvalue weighted by Crippen LogP contribution is 2.17. The maximum atomic E-state index is 12.3. The van der Waals surface area contributed by atoms with Gasteiger partial charge in [0.1, 0.15) is 6.54 Å². The van der Waals surface area contributed by atoms with Gasteiger partial charge in [-0.3, -0.25) is 14.2 Å². The van der Waals surface area contributed by atoms with Gasteiger partial charge in [0.05, 0.1) is 15.6 Å². The highest BCUT2D eigenvalue weighted by Gasteiger charge is 2.15. The number of carbonyl (C=O) groups is 1. The number of halogens is 2. The van der Waals surface area contributed by atoms with E-state index in [0.29, 0.717) is 5.69 Å². The minimum Gasteiger partial charge on any atom is -0.324 e. The Bertz CT molecular complexity index is 1050. The molecule has 0 aliphatic carbocycles. The Hall–Kier alpha value is -2.50. The zero-order valence-electron chi connectivity index (χ0n) is 13.5. The van der Waals surface area contributed by atoms with Crippen LogP contribution in [0.5, 0.6) is 0 Å². The van der Waals surface area contributed by atoms with Crippen LogP contribution in [0.2, 0.25) is 5.15 Å². The third-order valence-corrected chi connectivity index (χ3v) is 5.21. The van der Waals surface area contributed by atoms with E-state index in [0.717, 1.165) is 4.47 Å². The summed E-state index contributed by atoms with van der Waals surface area (Å²) in [6.07, 6.45) is 3.24. The standard InChI is InChI=1S/C15H12BrClN6O3S/c16-10-7-18-23(8-10)9-15(24)19-11-1-3-12(4-2-11)27(25,26)22-14-6-5-13(17)20-21-14/h1-8H,9H2,(H,19,24)(H,21,22). The molecule has 2 N–H and O–H groups in total. The van der Waals surface area contributed by atoms with Crippen LogP contribution >= 0.6 is 27.5 Å². The van der Waals surface area contributed by atoms with E-state index in [2.05, 4.69) is 41.3 Å². The second-order valence-corrected chi connectivity index (χ2v) is 8.26. The van der Waals surface area contributed by atoms with Gasteiger partial charge in [-0.05, 0) is 52.3 Å². The molecule has 0 atom stereocenters. The van der Waals surface area contributed by atoms with Gasteiger partial charge in [0.2, 0.25) is 5.91 Å². The number of anilines is 2. The Morgan fingerprint density at radius 2 is 1.89 bits per heavy atom. The molecule has 0 spiro atoms. The maximum Gasteiger partial charge on any atom is 0.263 e. The van der Waals surface area contributed by atoms with Crippen LogP contribution in [0.15, 0.2) is 58.2 Å². The van der Waals surface area contributed by atoms with Crippen LogP contribution in [-0.2, 0) is 21.4 Å². The van der Waals surface area contributed by atoms with Gasteiger partial charge in [0.15, 0.2) is 11.0 Å². The number of nitrogens with one attached hydrogen (secondary N) is 2. The van der Waals surface area contributed by atoms with Crippen molar-refractivity contribution in [2.75, 3.05) is 10.0 Å². The molecule has 0 fully saturated rings. The van der Waals surface area contributed by atoms with Gasteiger partial charge in [0, 0.05) is 11.9 Å². The maximum absolute atomic E-state index is 12.3. The SMILES string of the molecule is O=C(Cn1cc(Br)cn1)Nc1ccc(S(=O)(=O)Nc2ccc(Cl)nn2)cc1. The lowest BCUT2D eigenvalue weighted by atomic mass is 10.3. The molecule has 1 amide bonds. The molecule has 0 saturated carbocycles. The van der Waals surface area contributed by atoms with Gasteiger partial charge in [-0.1, -0.05) is 11.6 Å². The number of sulfonamides is 1. The predicted molar refractivity (Wildman–Crippen MR) is 103 cm³/mol. The van der Waals surface area contributed by atoms with E-state index in [1.165, 1.54) is 41.1 Å². The first kappa shape index (κ1) is 19.3. The van der Waals surface area contributed by atoms with E-state index in [1.54, 1.807) is 12.4 Å². The summed E-state index contributed by atoms with van der Waals surface area (Å²) in [6, 6.07) is 8.52. The highest BCUT2D eigenvalue weighted by molar-refractivity contribution is 9.10. The van der Waals surface area contributed by atoms with Crippen molar-refractivity contribution >= 4 is 55.0 Å². The second-order valence-electron chi connectivity index (χ2n) is 5.28. The average Bonchev–Trinajstić information content (AvgIpc) is 3.02. The van der Waals surface area contributed by atoms with Crippen molar-refractivity contribution in [1.82, 2.24) is 20.0 Å². The van der Waals surface area contributed by atoms with E-state index in [1.807, 2.05) is 0 Å². The molecule has 12 heteroatoms. The fourth-order valence-electron chi connectivity index (χ4n) is 2.06. The van der Waals surface area contributed by atoms with Gasteiger partial charge in [0.25, 0.3) is 10.0 Å². The lowest BCUT2D eigenvalue weighted by molar-refractivity contribution is -0.116. The number of aromatic nitrogens is 4. The number of benzene rings is 1. The van der Waals surface area contributed by atoms with E-state index in [-0.39, 0.29) is 28.3 Å². The fourth-order valence-corrected chi connectivity index (χ4v) is 3.48. The highest BCUT2D eigenvalue weighted by atomic mass is 79.9. The number of nitrogens with zero attached hydrogens (tertiary/aromatic N) is 4. The summed E-state index contributed by atoms with van der Waals surface area (Å²) in [5, 5.41) is 14.0. The molecule has 140 valence electrons. The summed E-state index contributed by atoms with van der Waals surface area (Å²) >= 11 is 8.87. The largest absolute Gasteiger partial charge is 0.324 e. The van der Waals surface area contributed by atoms with Crippen LogP contribution < -0.4 is 10.0 Å². The molecular weight excluding hydrogens is 460 g/mol. The van der Waals surface area contributed by atoms with Crippen molar-refractivity contribution in [1.29, 1.82) is 0 Å². The van der Waals surface area contributed by atoms with E-state index >= 15 is 0 Å². The molecule has 0 unspecified atom stereocenters. The van der Waals surface area contributed by atoms with Gasteiger partial charge in [-0.2, -0.15) is 5.10 Å². The molecule has 2 heterocycles. The van der Waals surface area contributed by atoms with Crippen molar-refractivity contribution in [2.24, 2.45) is 0 Å². The molecule has 0 bridgehead atoms. The number of rotatable bonds is 6. The van der Waals surface area contributed by atoms with E-state index < -0.39 is 10.0 Å². The number of amides is 1. The molecule has 3 aromatic rings. The van der Waals surface area contributed by atoms with Crippen LogP contribution in [-0.4, -0.2) is 34.3 Å². The summed E-state index contributed by atoms with van der Waals surface area (Å²) in [6.45, 7) is 0.0302. The lowest BCUT2D eigenvalue weighted by Gasteiger charge is -2.09. The lowest BCUT2D eigenvalue weighted by Crippen LogP contribution is -2.19. The van der Waals surface area contributed by atoms with Crippen LogP contribution in [0.1, 0.15) is 0 Å². The molecule has 3 rings (SSSR count). The number of hydrogen-bond acceptors (Lipinski definition) is 6. The van der Waals surface area contributed by atoms with E-state index in [9.17, 15) is 13.2 Å². The van der Waals surface area contributed by atoms with Crippen LogP contribution in [0.3, 0.4) is 0 Å². The Kier molecular flexibility index (Phi) is 5.73. The summed E-state index contributed by atoms with van der Waals surface area (Å²) in [5.41, 5.74) is 0.455. The first-order chi connectivity index (χ1) is 12.8. The smallest absolute Gasteiger partial charge is 0.263 e. The number of hydrogen-bond donors (Lipinski definition) is 2. The predicted octanol–water partition coefficient (Wildman–Crippen LogP) is 2.53. The zero-order chi connectivity index (χ0) is 19.4. The first-order valence-corrected chi connectivity index (χ1v) is 10.1. The van der Waals surface area contributed by atoms with Crippen LogP contribution in [0.25, 0.3) is 0 Å².